The second kappa shape index (κ2) is 6.27. The maximum absolute atomic E-state index is 11.9. The van der Waals surface area contributed by atoms with Gasteiger partial charge in [-0.3, -0.25) is 0 Å². The summed E-state index contributed by atoms with van der Waals surface area (Å²) in [7, 11) is -0.710. The van der Waals surface area contributed by atoms with Crippen molar-refractivity contribution in [2.75, 3.05) is 14.1 Å². The van der Waals surface area contributed by atoms with E-state index < -0.39 is 10.0 Å². The van der Waals surface area contributed by atoms with Gasteiger partial charge in [0.15, 0.2) is 0 Å². The molecule has 0 saturated heterocycles. The standard InChI is InChI=1S/C13H13Cl2NO4S/c1-16(2)21(17,18)13-6-4-10(20-13)8-19-9-3-5-11(14)12(15)7-9/h3-7H,8H2,1-2H3. The average Bonchev–Trinajstić information content (AvgIpc) is 2.89. The zero-order valence-electron chi connectivity index (χ0n) is 11.3. The third-order valence-corrected chi connectivity index (χ3v) is 5.07. The van der Waals surface area contributed by atoms with Crippen LogP contribution in [0, 0.1) is 0 Å². The summed E-state index contributed by atoms with van der Waals surface area (Å²) < 4.78 is 35.5. The molecule has 1 aromatic heterocycles. The number of benzene rings is 1. The lowest BCUT2D eigenvalue weighted by atomic mass is 10.3. The van der Waals surface area contributed by atoms with Crippen LogP contribution in [0.1, 0.15) is 5.76 Å². The lowest BCUT2D eigenvalue weighted by Crippen LogP contribution is -2.21. The van der Waals surface area contributed by atoms with E-state index in [0.29, 0.717) is 21.6 Å². The first kappa shape index (κ1) is 16.2. The Labute approximate surface area is 133 Å². The number of nitrogens with zero attached hydrogens (tertiary/aromatic N) is 1. The van der Waals surface area contributed by atoms with Gasteiger partial charge in [0.05, 0.1) is 10.0 Å². The van der Waals surface area contributed by atoms with Gasteiger partial charge in [0.1, 0.15) is 18.1 Å². The predicted octanol–water partition coefficient (Wildman–Crippen LogP) is 3.42. The van der Waals surface area contributed by atoms with Crippen molar-refractivity contribution in [2.45, 2.75) is 11.7 Å². The highest BCUT2D eigenvalue weighted by molar-refractivity contribution is 7.88. The smallest absolute Gasteiger partial charge is 0.275 e. The molecular formula is C13H13Cl2NO4S. The van der Waals surface area contributed by atoms with E-state index in [1.54, 1.807) is 24.3 Å². The Kier molecular flexibility index (Phi) is 4.83. The van der Waals surface area contributed by atoms with E-state index in [1.807, 2.05) is 0 Å². The van der Waals surface area contributed by atoms with E-state index in [-0.39, 0.29) is 11.7 Å². The molecule has 5 nitrogen and oxygen atoms in total. The molecule has 2 aromatic rings. The van der Waals surface area contributed by atoms with E-state index in [0.717, 1.165) is 4.31 Å². The highest BCUT2D eigenvalue weighted by Gasteiger charge is 2.21. The van der Waals surface area contributed by atoms with Crippen LogP contribution in [-0.2, 0) is 16.6 Å². The molecule has 1 heterocycles. The molecule has 1 aromatic carbocycles. The summed E-state index contributed by atoms with van der Waals surface area (Å²) in [4.78, 5) is 0. The van der Waals surface area contributed by atoms with Crippen molar-refractivity contribution in [3.05, 3.63) is 46.1 Å². The van der Waals surface area contributed by atoms with E-state index >= 15 is 0 Å². The fourth-order valence-corrected chi connectivity index (χ4v) is 2.58. The molecular weight excluding hydrogens is 337 g/mol. The number of hydrogen-bond acceptors (Lipinski definition) is 4. The number of hydrogen-bond donors (Lipinski definition) is 0. The topological polar surface area (TPSA) is 59.8 Å². The summed E-state index contributed by atoms with van der Waals surface area (Å²) in [5, 5.41) is 0.686. The minimum Gasteiger partial charge on any atom is -0.486 e. The first-order valence-electron chi connectivity index (χ1n) is 5.90. The van der Waals surface area contributed by atoms with Crippen LogP contribution in [0.2, 0.25) is 10.0 Å². The zero-order valence-corrected chi connectivity index (χ0v) is 13.7. The summed E-state index contributed by atoms with van der Waals surface area (Å²) >= 11 is 11.7. The maximum atomic E-state index is 11.9. The SMILES string of the molecule is CN(C)S(=O)(=O)c1ccc(COc2ccc(Cl)c(Cl)c2)o1. The van der Waals surface area contributed by atoms with Crippen molar-refractivity contribution < 1.29 is 17.6 Å². The number of halogens is 2. The highest BCUT2D eigenvalue weighted by atomic mass is 35.5. The van der Waals surface area contributed by atoms with Gasteiger partial charge < -0.3 is 9.15 Å². The molecule has 0 N–H and O–H groups in total. The van der Waals surface area contributed by atoms with Gasteiger partial charge in [0.25, 0.3) is 10.0 Å². The van der Waals surface area contributed by atoms with Gasteiger partial charge in [-0.2, -0.15) is 0 Å². The van der Waals surface area contributed by atoms with Crippen LogP contribution in [0.5, 0.6) is 5.75 Å². The third kappa shape index (κ3) is 3.71. The summed E-state index contributed by atoms with van der Waals surface area (Å²) in [5.74, 6) is 0.902. The molecule has 8 heteroatoms. The van der Waals surface area contributed by atoms with Crippen LogP contribution in [0.4, 0.5) is 0 Å². The molecule has 0 radical (unpaired) electrons. The third-order valence-electron chi connectivity index (χ3n) is 2.64. The minimum atomic E-state index is -3.58. The fourth-order valence-electron chi connectivity index (χ4n) is 1.48. The van der Waals surface area contributed by atoms with Crippen LogP contribution in [-0.4, -0.2) is 26.8 Å². The van der Waals surface area contributed by atoms with Gasteiger partial charge >= 0.3 is 0 Å². The van der Waals surface area contributed by atoms with Crippen molar-refractivity contribution in [3.63, 3.8) is 0 Å². The summed E-state index contributed by atoms with van der Waals surface area (Å²) in [6.45, 7) is 0.0842. The van der Waals surface area contributed by atoms with Crippen LogP contribution < -0.4 is 4.74 Å². The van der Waals surface area contributed by atoms with Crippen molar-refractivity contribution in [3.8, 4) is 5.75 Å². The van der Waals surface area contributed by atoms with Crippen molar-refractivity contribution in [2.24, 2.45) is 0 Å². The van der Waals surface area contributed by atoms with Crippen molar-refractivity contribution >= 4 is 33.2 Å². The molecule has 0 atom stereocenters. The highest BCUT2D eigenvalue weighted by Crippen LogP contribution is 2.27. The van der Waals surface area contributed by atoms with Crippen LogP contribution in [0.25, 0.3) is 0 Å². The number of sulfonamides is 1. The molecule has 21 heavy (non-hydrogen) atoms. The summed E-state index contributed by atoms with van der Waals surface area (Å²) in [5.41, 5.74) is 0. The molecule has 2 rings (SSSR count). The molecule has 0 aliphatic heterocycles. The number of furan rings is 1. The maximum Gasteiger partial charge on any atom is 0.275 e. The largest absolute Gasteiger partial charge is 0.486 e. The fraction of sp³-hybridized carbons (Fsp3) is 0.231. The molecule has 0 spiro atoms. The van der Waals surface area contributed by atoms with Crippen molar-refractivity contribution in [1.29, 1.82) is 0 Å². The lowest BCUT2D eigenvalue weighted by Gasteiger charge is -2.08. The normalized spacial score (nSPS) is 11.9. The Morgan fingerprint density at radius 2 is 1.86 bits per heavy atom. The van der Waals surface area contributed by atoms with Gasteiger partial charge in [-0.05, 0) is 24.3 Å². The average molecular weight is 350 g/mol. The van der Waals surface area contributed by atoms with Crippen LogP contribution >= 0.6 is 23.2 Å². The summed E-state index contributed by atoms with van der Waals surface area (Å²) in [6, 6.07) is 7.79. The monoisotopic (exact) mass is 349 g/mol. The number of ether oxygens (including phenoxy) is 1. The number of rotatable bonds is 5. The zero-order chi connectivity index (χ0) is 15.6. The second-order valence-electron chi connectivity index (χ2n) is 4.37. The van der Waals surface area contributed by atoms with E-state index in [9.17, 15) is 8.42 Å². The van der Waals surface area contributed by atoms with Gasteiger partial charge in [-0.1, -0.05) is 23.2 Å². The summed E-state index contributed by atoms with van der Waals surface area (Å²) in [6.07, 6.45) is 0. The first-order valence-corrected chi connectivity index (χ1v) is 8.09. The van der Waals surface area contributed by atoms with Gasteiger partial charge in [0, 0.05) is 20.2 Å². The van der Waals surface area contributed by atoms with E-state index in [4.69, 9.17) is 32.4 Å². The molecule has 0 saturated carbocycles. The lowest BCUT2D eigenvalue weighted by molar-refractivity contribution is 0.256. The Bertz CT molecular complexity index is 740. The molecule has 114 valence electrons. The Balaban J connectivity index is 2.08. The Hall–Kier alpha value is -1.21. The quantitative estimate of drug-likeness (QED) is 0.829. The second-order valence-corrected chi connectivity index (χ2v) is 7.27. The first-order chi connectivity index (χ1) is 9.80. The van der Waals surface area contributed by atoms with Crippen molar-refractivity contribution in [1.82, 2.24) is 4.31 Å². The molecule has 0 fully saturated rings. The molecule has 0 amide bonds. The van der Waals surface area contributed by atoms with Crippen LogP contribution in [0.3, 0.4) is 0 Å². The molecule has 0 bridgehead atoms. The Morgan fingerprint density at radius 1 is 1.14 bits per heavy atom. The van der Waals surface area contributed by atoms with E-state index in [1.165, 1.54) is 20.2 Å². The van der Waals surface area contributed by atoms with Gasteiger partial charge in [-0.15, -0.1) is 0 Å². The van der Waals surface area contributed by atoms with Gasteiger partial charge in [-0.25, -0.2) is 12.7 Å². The molecule has 0 unspecified atom stereocenters. The van der Waals surface area contributed by atoms with Gasteiger partial charge in [0.2, 0.25) is 5.09 Å². The van der Waals surface area contributed by atoms with Crippen LogP contribution in [0.15, 0.2) is 39.8 Å². The molecule has 0 aliphatic carbocycles. The molecule has 0 aliphatic rings. The van der Waals surface area contributed by atoms with E-state index in [2.05, 4.69) is 0 Å². The predicted molar refractivity (Wildman–Crippen MR) is 80.4 cm³/mol. The Morgan fingerprint density at radius 3 is 2.48 bits per heavy atom. The minimum absolute atomic E-state index is 0.0842.